The molecule has 122 valence electrons. The zero-order chi connectivity index (χ0) is 17.3. The normalized spacial score (nSPS) is 10.8. The predicted molar refractivity (Wildman–Crippen MR) is 86.3 cm³/mol. The van der Waals surface area contributed by atoms with Crippen molar-refractivity contribution >= 4 is 34.2 Å². The Hall–Kier alpha value is -2.73. The molecule has 0 unspecified atom stereocenters. The van der Waals surface area contributed by atoms with E-state index < -0.39 is 23.3 Å². The Morgan fingerprint density at radius 1 is 1.04 bits per heavy atom. The van der Waals surface area contributed by atoms with Crippen LogP contribution in [0.3, 0.4) is 0 Å². The number of halogens is 3. The summed E-state index contributed by atoms with van der Waals surface area (Å²) in [7, 11) is 0. The molecular weight excluding hydrogens is 338 g/mol. The van der Waals surface area contributed by atoms with Gasteiger partial charge in [-0.05, 0) is 42.5 Å². The van der Waals surface area contributed by atoms with Crippen molar-refractivity contribution in [2.75, 3.05) is 6.54 Å². The molecule has 1 heterocycles. The highest BCUT2D eigenvalue weighted by Crippen LogP contribution is 2.20. The van der Waals surface area contributed by atoms with Crippen LogP contribution in [-0.2, 0) is 0 Å². The molecule has 0 aliphatic rings. The summed E-state index contributed by atoms with van der Waals surface area (Å²) in [4.78, 5) is 26.9. The Labute approximate surface area is 140 Å². The summed E-state index contributed by atoms with van der Waals surface area (Å²) in [5.74, 6) is -3.16. The van der Waals surface area contributed by atoms with Gasteiger partial charge in [0.25, 0.3) is 5.91 Å². The van der Waals surface area contributed by atoms with Gasteiger partial charge in [0.15, 0.2) is 17.4 Å². The first kappa shape index (κ1) is 16.1. The summed E-state index contributed by atoms with van der Waals surface area (Å²) in [6, 6.07) is 9.57. The van der Waals surface area contributed by atoms with E-state index in [2.05, 4.69) is 10.3 Å². The minimum absolute atomic E-state index is 0.0161. The third-order valence-electron chi connectivity index (χ3n) is 3.48. The highest BCUT2D eigenvalue weighted by molar-refractivity contribution is 6.31. The van der Waals surface area contributed by atoms with Crippen LogP contribution in [0.2, 0.25) is 5.02 Å². The molecule has 24 heavy (non-hydrogen) atoms. The van der Waals surface area contributed by atoms with E-state index in [-0.39, 0.29) is 17.8 Å². The van der Waals surface area contributed by atoms with Crippen LogP contribution in [0, 0.1) is 11.6 Å². The number of amides is 1. The molecule has 0 bridgehead atoms. The molecule has 0 aliphatic carbocycles. The largest absolute Gasteiger partial charge is 0.351 e. The molecule has 0 atom stereocenters. The fourth-order valence-electron chi connectivity index (χ4n) is 2.25. The molecule has 1 amide bonds. The van der Waals surface area contributed by atoms with Crippen molar-refractivity contribution in [3.8, 4) is 0 Å². The van der Waals surface area contributed by atoms with Gasteiger partial charge in [-0.3, -0.25) is 9.59 Å². The molecule has 0 saturated heterocycles. The molecule has 0 spiro atoms. The summed E-state index contributed by atoms with van der Waals surface area (Å²) in [5, 5.41) is 3.74. The minimum Gasteiger partial charge on any atom is -0.351 e. The van der Waals surface area contributed by atoms with Crippen molar-refractivity contribution in [1.82, 2.24) is 10.3 Å². The molecular formula is C17H11ClF2N2O2. The number of Topliss-reactive ketones (excluding diaryl/α,β-unsaturated/α-hetero) is 1. The van der Waals surface area contributed by atoms with Gasteiger partial charge in [-0.15, -0.1) is 0 Å². The van der Waals surface area contributed by atoms with Crippen LogP contribution in [0.1, 0.15) is 20.8 Å². The Morgan fingerprint density at radius 3 is 2.58 bits per heavy atom. The number of hydrogen-bond acceptors (Lipinski definition) is 2. The lowest BCUT2D eigenvalue weighted by Crippen LogP contribution is -2.29. The van der Waals surface area contributed by atoms with Gasteiger partial charge in [0.05, 0.1) is 6.54 Å². The van der Waals surface area contributed by atoms with Crippen molar-refractivity contribution in [3.63, 3.8) is 0 Å². The van der Waals surface area contributed by atoms with E-state index in [1.807, 2.05) is 0 Å². The third kappa shape index (κ3) is 3.28. The molecule has 2 aromatic carbocycles. The summed E-state index contributed by atoms with van der Waals surface area (Å²) in [6.07, 6.45) is 0. The maximum Gasteiger partial charge on any atom is 0.268 e. The molecule has 3 rings (SSSR count). The Balaban J connectivity index is 1.69. The predicted octanol–water partition coefficient (Wildman–Crippen LogP) is 3.71. The average molecular weight is 349 g/mol. The quantitative estimate of drug-likeness (QED) is 0.706. The molecule has 0 aliphatic heterocycles. The number of aromatic nitrogens is 1. The van der Waals surface area contributed by atoms with Gasteiger partial charge >= 0.3 is 0 Å². The maximum absolute atomic E-state index is 13.1. The summed E-state index contributed by atoms with van der Waals surface area (Å²) >= 11 is 5.89. The molecule has 0 radical (unpaired) electrons. The van der Waals surface area contributed by atoms with Gasteiger partial charge in [-0.2, -0.15) is 0 Å². The lowest BCUT2D eigenvalue weighted by molar-refractivity contribution is 0.0901. The van der Waals surface area contributed by atoms with Crippen LogP contribution in [0.5, 0.6) is 0 Å². The van der Waals surface area contributed by atoms with Crippen LogP contribution in [0.15, 0.2) is 42.5 Å². The Kier molecular flexibility index (Phi) is 4.31. The summed E-state index contributed by atoms with van der Waals surface area (Å²) in [5.41, 5.74) is 0.986. The number of aromatic amines is 1. The highest BCUT2D eigenvalue weighted by Gasteiger charge is 2.14. The second kappa shape index (κ2) is 6.41. The number of ketones is 1. The van der Waals surface area contributed by atoms with Crippen LogP contribution >= 0.6 is 11.6 Å². The Morgan fingerprint density at radius 2 is 1.83 bits per heavy atom. The van der Waals surface area contributed by atoms with Gasteiger partial charge in [0.1, 0.15) is 5.69 Å². The van der Waals surface area contributed by atoms with Crippen LogP contribution in [0.4, 0.5) is 8.78 Å². The van der Waals surface area contributed by atoms with Crippen molar-refractivity contribution in [3.05, 3.63) is 70.4 Å². The molecule has 3 aromatic rings. The molecule has 4 nitrogen and oxygen atoms in total. The zero-order valence-corrected chi connectivity index (χ0v) is 13.0. The fourth-order valence-corrected chi connectivity index (χ4v) is 2.43. The van der Waals surface area contributed by atoms with E-state index in [4.69, 9.17) is 11.6 Å². The van der Waals surface area contributed by atoms with E-state index in [0.29, 0.717) is 5.02 Å². The summed E-state index contributed by atoms with van der Waals surface area (Å²) in [6.45, 7) is -0.333. The summed E-state index contributed by atoms with van der Waals surface area (Å²) < 4.78 is 26.0. The first-order chi connectivity index (χ1) is 11.4. The van der Waals surface area contributed by atoms with Crippen LogP contribution < -0.4 is 5.32 Å². The van der Waals surface area contributed by atoms with Crippen LogP contribution in [0.25, 0.3) is 10.9 Å². The van der Waals surface area contributed by atoms with E-state index >= 15 is 0 Å². The van der Waals surface area contributed by atoms with Gasteiger partial charge in [-0.25, -0.2) is 8.78 Å². The monoisotopic (exact) mass is 348 g/mol. The lowest BCUT2D eigenvalue weighted by atomic mass is 10.1. The van der Waals surface area contributed by atoms with Crippen molar-refractivity contribution in [2.45, 2.75) is 0 Å². The van der Waals surface area contributed by atoms with E-state index in [1.54, 1.807) is 24.3 Å². The first-order valence-electron chi connectivity index (χ1n) is 6.99. The average Bonchev–Trinajstić information content (AvgIpc) is 2.98. The number of carbonyl (C=O) groups is 2. The number of carbonyl (C=O) groups excluding carboxylic acids is 2. The van der Waals surface area contributed by atoms with Crippen LogP contribution in [-0.4, -0.2) is 23.2 Å². The molecule has 0 fully saturated rings. The van der Waals surface area contributed by atoms with Gasteiger partial charge in [-0.1, -0.05) is 11.6 Å². The second-order valence-electron chi connectivity index (χ2n) is 5.15. The second-order valence-corrected chi connectivity index (χ2v) is 5.59. The highest BCUT2D eigenvalue weighted by atomic mass is 35.5. The lowest BCUT2D eigenvalue weighted by Gasteiger charge is -2.04. The molecule has 7 heteroatoms. The Bertz CT molecular complexity index is 953. The van der Waals surface area contributed by atoms with E-state index in [1.165, 1.54) is 0 Å². The standard InChI is InChI=1S/C17H11ClF2N2O2/c18-11-2-4-14-10(5-11)7-15(22-14)17(24)21-8-16(23)9-1-3-12(19)13(20)6-9/h1-7,22H,8H2,(H,21,24). The number of H-pyrrole nitrogens is 1. The van der Waals surface area contributed by atoms with E-state index in [9.17, 15) is 18.4 Å². The number of rotatable bonds is 4. The minimum atomic E-state index is -1.11. The topological polar surface area (TPSA) is 62.0 Å². The van der Waals surface area contributed by atoms with Gasteiger partial charge < -0.3 is 10.3 Å². The van der Waals surface area contributed by atoms with E-state index in [0.717, 1.165) is 29.1 Å². The molecule has 0 saturated carbocycles. The van der Waals surface area contributed by atoms with Crippen molar-refractivity contribution < 1.29 is 18.4 Å². The zero-order valence-electron chi connectivity index (χ0n) is 12.2. The molecule has 2 N–H and O–H groups in total. The van der Waals surface area contributed by atoms with Crippen molar-refractivity contribution in [2.24, 2.45) is 0 Å². The van der Waals surface area contributed by atoms with Crippen molar-refractivity contribution in [1.29, 1.82) is 0 Å². The smallest absolute Gasteiger partial charge is 0.268 e. The van der Waals surface area contributed by atoms with Gasteiger partial charge in [0, 0.05) is 21.5 Å². The van der Waals surface area contributed by atoms with Gasteiger partial charge in [0.2, 0.25) is 0 Å². The number of benzene rings is 2. The third-order valence-corrected chi connectivity index (χ3v) is 3.71. The fraction of sp³-hybridized carbons (Fsp3) is 0.0588. The number of hydrogen-bond donors (Lipinski definition) is 2. The molecule has 1 aromatic heterocycles. The number of fused-ring (bicyclic) bond motifs is 1. The number of nitrogens with one attached hydrogen (secondary N) is 2. The maximum atomic E-state index is 13.1. The first-order valence-corrected chi connectivity index (χ1v) is 7.36. The SMILES string of the molecule is O=C(CNC(=O)c1cc2cc(Cl)ccc2[nH]1)c1ccc(F)c(F)c1.